The lowest BCUT2D eigenvalue weighted by atomic mass is 10.1. The van der Waals surface area contributed by atoms with Crippen molar-refractivity contribution in [1.82, 2.24) is 0 Å². The van der Waals surface area contributed by atoms with Gasteiger partial charge in [-0.2, -0.15) is 0 Å². The van der Waals surface area contributed by atoms with Gasteiger partial charge in [-0.3, -0.25) is 4.72 Å². The SMILES string of the molecule is Cc1cc(C)cc(NC(=S)Nc2ccc(S(=O)(=O)Nc3cc(Cl)cc(Cl)c3)cc2)c1. The van der Waals surface area contributed by atoms with E-state index in [1.165, 1.54) is 30.3 Å². The van der Waals surface area contributed by atoms with Crippen molar-refractivity contribution in [3.8, 4) is 0 Å². The molecule has 156 valence electrons. The van der Waals surface area contributed by atoms with Gasteiger partial charge in [0.2, 0.25) is 0 Å². The molecular formula is C21H19Cl2N3O2S2. The van der Waals surface area contributed by atoms with E-state index in [-0.39, 0.29) is 10.6 Å². The Labute approximate surface area is 191 Å². The van der Waals surface area contributed by atoms with Crippen LogP contribution in [0.5, 0.6) is 0 Å². The van der Waals surface area contributed by atoms with E-state index in [0.717, 1.165) is 16.8 Å². The van der Waals surface area contributed by atoms with Crippen molar-refractivity contribution in [2.45, 2.75) is 18.7 Å². The van der Waals surface area contributed by atoms with Gasteiger partial charge in [-0.25, -0.2) is 8.42 Å². The van der Waals surface area contributed by atoms with E-state index in [9.17, 15) is 8.42 Å². The first-order chi connectivity index (χ1) is 14.1. The third-order valence-electron chi connectivity index (χ3n) is 4.02. The largest absolute Gasteiger partial charge is 0.332 e. The maximum atomic E-state index is 12.6. The van der Waals surface area contributed by atoms with E-state index in [4.69, 9.17) is 35.4 Å². The fourth-order valence-corrected chi connectivity index (χ4v) is 4.69. The molecule has 0 unspecified atom stereocenters. The van der Waals surface area contributed by atoms with Crippen LogP contribution >= 0.6 is 35.4 Å². The molecule has 3 N–H and O–H groups in total. The Balaban J connectivity index is 1.68. The predicted molar refractivity (Wildman–Crippen MR) is 129 cm³/mol. The fraction of sp³-hybridized carbons (Fsp3) is 0.0952. The molecule has 0 heterocycles. The summed E-state index contributed by atoms with van der Waals surface area (Å²) < 4.78 is 27.7. The van der Waals surface area contributed by atoms with Crippen molar-refractivity contribution in [2.75, 3.05) is 15.4 Å². The molecular weight excluding hydrogens is 461 g/mol. The van der Waals surface area contributed by atoms with Gasteiger partial charge in [0.05, 0.1) is 10.6 Å². The van der Waals surface area contributed by atoms with Crippen LogP contribution in [0.3, 0.4) is 0 Å². The second-order valence-electron chi connectivity index (χ2n) is 6.74. The van der Waals surface area contributed by atoms with E-state index in [1.807, 2.05) is 26.0 Å². The molecule has 3 aromatic rings. The molecule has 30 heavy (non-hydrogen) atoms. The van der Waals surface area contributed by atoms with Crippen LogP contribution in [0.25, 0.3) is 0 Å². The monoisotopic (exact) mass is 479 g/mol. The Bertz CT molecular complexity index is 1160. The van der Waals surface area contributed by atoms with Crippen molar-refractivity contribution in [3.63, 3.8) is 0 Å². The molecule has 0 aliphatic carbocycles. The van der Waals surface area contributed by atoms with Gasteiger partial charge >= 0.3 is 0 Å². The number of rotatable bonds is 5. The highest BCUT2D eigenvalue weighted by atomic mass is 35.5. The van der Waals surface area contributed by atoms with Gasteiger partial charge in [-0.15, -0.1) is 0 Å². The third kappa shape index (κ3) is 6.09. The molecule has 0 radical (unpaired) electrons. The number of hydrogen-bond donors (Lipinski definition) is 3. The summed E-state index contributed by atoms with van der Waals surface area (Å²) in [6.45, 7) is 4.03. The zero-order valence-electron chi connectivity index (χ0n) is 16.2. The summed E-state index contributed by atoms with van der Waals surface area (Å²) in [6.07, 6.45) is 0. The number of benzene rings is 3. The van der Waals surface area contributed by atoms with Gasteiger partial charge in [-0.05, 0) is 91.8 Å². The zero-order valence-corrected chi connectivity index (χ0v) is 19.3. The first-order valence-corrected chi connectivity index (χ1v) is 11.5. The molecule has 0 amide bonds. The minimum absolute atomic E-state index is 0.0948. The van der Waals surface area contributed by atoms with Gasteiger partial charge in [0, 0.05) is 21.4 Å². The molecule has 3 rings (SSSR count). The van der Waals surface area contributed by atoms with Crippen molar-refractivity contribution in [2.24, 2.45) is 0 Å². The number of aryl methyl sites for hydroxylation is 2. The molecule has 5 nitrogen and oxygen atoms in total. The Morgan fingerprint density at radius 2 is 1.30 bits per heavy atom. The van der Waals surface area contributed by atoms with E-state index in [1.54, 1.807) is 12.1 Å². The molecule has 0 aliphatic heterocycles. The molecule has 9 heteroatoms. The number of halogens is 2. The average Bonchev–Trinajstić information content (AvgIpc) is 2.59. The summed E-state index contributed by atoms with van der Waals surface area (Å²) in [7, 11) is -3.79. The molecule has 0 aliphatic rings. The van der Waals surface area contributed by atoms with Crippen molar-refractivity contribution in [1.29, 1.82) is 0 Å². The van der Waals surface area contributed by atoms with Crippen LogP contribution in [0, 0.1) is 13.8 Å². The summed E-state index contributed by atoms with van der Waals surface area (Å²) >= 11 is 17.2. The van der Waals surface area contributed by atoms with Gasteiger partial charge < -0.3 is 10.6 Å². The highest BCUT2D eigenvalue weighted by Crippen LogP contribution is 2.25. The van der Waals surface area contributed by atoms with Crippen LogP contribution in [0.1, 0.15) is 11.1 Å². The lowest BCUT2D eigenvalue weighted by Gasteiger charge is -2.13. The summed E-state index contributed by atoms with van der Waals surface area (Å²) in [5.41, 5.74) is 4.08. The maximum Gasteiger partial charge on any atom is 0.261 e. The zero-order chi connectivity index (χ0) is 21.9. The van der Waals surface area contributed by atoms with E-state index in [2.05, 4.69) is 21.4 Å². The first-order valence-electron chi connectivity index (χ1n) is 8.86. The molecule has 0 fully saturated rings. The number of thiocarbonyl (C=S) groups is 1. The van der Waals surface area contributed by atoms with Gasteiger partial charge in [0.25, 0.3) is 10.0 Å². The number of anilines is 3. The molecule has 0 atom stereocenters. The molecule has 0 saturated heterocycles. The van der Waals surface area contributed by atoms with Crippen LogP contribution in [0.15, 0.2) is 65.6 Å². The number of sulfonamides is 1. The molecule has 0 spiro atoms. The van der Waals surface area contributed by atoms with Crippen LogP contribution in [-0.2, 0) is 10.0 Å². The van der Waals surface area contributed by atoms with E-state index < -0.39 is 10.0 Å². The summed E-state index contributed by atoms with van der Waals surface area (Å²) in [4.78, 5) is 0.0948. The quantitative estimate of drug-likeness (QED) is 0.378. The standard InChI is InChI=1S/C21H19Cl2N3O2S2/c1-13-7-14(2)9-18(8-13)25-21(29)24-17-3-5-20(6-4-17)30(27,28)26-19-11-15(22)10-16(23)12-19/h3-12,26H,1-2H3,(H2,24,25,29). The van der Waals surface area contributed by atoms with Gasteiger partial charge in [0.1, 0.15) is 0 Å². The fourth-order valence-electron chi connectivity index (χ4n) is 2.88. The van der Waals surface area contributed by atoms with E-state index >= 15 is 0 Å². The van der Waals surface area contributed by atoms with Crippen LogP contribution in [0.4, 0.5) is 17.1 Å². The Hall–Kier alpha value is -2.32. The number of hydrogen-bond acceptors (Lipinski definition) is 3. The van der Waals surface area contributed by atoms with Crippen molar-refractivity contribution < 1.29 is 8.42 Å². The molecule has 0 saturated carbocycles. The van der Waals surface area contributed by atoms with Crippen LogP contribution in [0.2, 0.25) is 10.0 Å². The Morgan fingerprint density at radius 1 is 0.767 bits per heavy atom. The van der Waals surface area contributed by atoms with Gasteiger partial charge in [-0.1, -0.05) is 29.3 Å². The van der Waals surface area contributed by atoms with Crippen LogP contribution in [-0.4, -0.2) is 13.5 Å². The van der Waals surface area contributed by atoms with Gasteiger partial charge in [0.15, 0.2) is 5.11 Å². The van der Waals surface area contributed by atoms with Crippen molar-refractivity contribution in [3.05, 3.63) is 81.8 Å². The second kappa shape index (κ2) is 9.22. The Morgan fingerprint density at radius 3 is 1.87 bits per heavy atom. The molecule has 3 aromatic carbocycles. The minimum Gasteiger partial charge on any atom is -0.332 e. The summed E-state index contributed by atoms with van der Waals surface area (Å²) in [6, 6.07) is 16.8. The van der Waals surface area contributed by atoms with Crippen molar-refractivity contribution >= 4 is 67.6 Å². The minimum atomic E-state index is -3.79. The smallest absolute Gasteiger partial charge is 0.261 e. The summed E-state index contributed by atoms with van der Waals surface area (Å²) in [5.74, 6) is 0. The average molecular weight is 480 g/mol. The first kappa shape index (κ1) is 22.4. The maximum absolute atomic E-state index is 12.6. The number of nitrogens with one attached hydrogen (secondary N) is 3. The molecule has 0 bridgehead atoms. The predicted octanol–water partition coefficient (Wildman–Crippen LogP) is 6.22. The molecule has 0 aromatic heterocycles. The highest BCUT2D eigenvalue weighted by Gasteiger charge is 2.15. The Kier molecular flexibility index (Phi) is 6.88. The third-order valence-corrected chi connectivity index (χ3v) is 6.05. The normalized spacial score (nSPS) is 11.1. The second-order valence-corrected chi connectivity index (χ2v) is 9.71. The topological polar surface area (TPSA) is 70.2 Å². The lowest BCUT2D eigenvalue weighted by molar-refractivity contribution is 0.601. The highest BCUT2D eigenvalue weighted by molar-refractivity contribution is 7.92. The summed E-state index contributed by atoms with van der Waals surface area (Å²) in [5, 5.41) is 7.25. The van der Waals surface area contributed by atoms with E-state index in [0.29, 0.717) is 20.8 Å². The van der Waals surface area contributed by atoms with Crippen LogP contribution < -0.4 is 15.4 Å². The lowest BCUT2D eigenvalue weighted by Crippen LogP contribution is -2.19.